The molecular weight excluding hydrogens is 1270 g/mol. The van der Waals surface area contributed by atoms with E-state index in [2.05, 4.69) is 190 Å². The Morgan fingerprint density at radius 3 is 0.796 bits per heavy atom. The zero-order valence-corrected chi connectivity index (χ0v) is 73.7. The van der Waals surface area contributed by atoms with E-state index in [1.54, 1.807) is 36.3 Å². The first kappa shape index (κ1) is 121. The van der Waals surface area contributed by atoms with Crippen LogP contribution in [-0.4, -0.2) is 29.5 Å². The molecule has 12 rings (SSSR count). The van der Waals surface area contributed by atoms with Gasteiger partial charge in [0.25, 0.3) is 0 Å². The number of benzene rings is 6. The van der Waals surface area contributed by atoms with Gasteiger partial charge in [0.1, 0.15) is 19.0 Å². The van der Waals surface area contributed by atoms with Crippen molar-refractivity contribution in [1.29, 1.82) is 0 Å². The second-order valence-corrected chi connectivity index (χ2v) is 16.8. The molecule has 0 fully saturated rings. The molecule has 0 saturated carbocycles. The minimum atomic E-state index is 0.0858. The number of thiophene rings is 1. The molecule has 0 saturated heterocycles. The lowest BCUT2D eigenvalue weighted by molar-refractivity contribution is 0.567. The van der Waals surface area contributed by atoms with Gasteiger partial charge in [-0.25, -0.2) is 19.9 Å². The SMILES string of the molecule is CC.CC.CC.CC.CC.CC.CC.CC.CC.CC.CC.CC.CC.CC.CC.CC.CC(C)(c1ccccc1)c1ccccc1.CC(c1ccccc1)c1ccccc1.Cn1cccc1.c1ccc2nc3ccccc3cc2c1.c1ccncc1.c1ccoc1.c1ccsc1.c1ncncn1. The van der Waals surface area contributed by atoms with Gasteiger partial charge in [-0.05, 0) is 87.6 Å². The van der Waals surface area contributed by atoms with Crippen LogP contribution in [0.1, 0.15) is 271 Å². The van der Waals surface area contributed by atoms with Gasteiger partial charge in [-0.3, -0.25) is 4.98 Å². The summed E-state index contributed by atoms with van der Waals surface area (Å²) in [6.45, 7) is 70.8. The Hall–Kier alpha value is -8.59. The van der Waals surface area contributed by atoms with E-state index in [0.717, 1.165) is 11.0 Å². The highest BCUT2D eigenvalue weighted by Gasteiger charge is 2.22. The predicted molar refractivity (Wildman–Crippen MR) is 479 cm³/mol. The summed E-state index contributed by atoms with van der Waals surface area (Å²) in [7, 11) is 2.00. The van der Waals surface area contributed by atoms with Crippen LogP contribution >= 0.6 is 11.3 Å². The van der Waals surface area contributed by atoms with Crippen molar-refractivity contribution in [3.05, 3.63) is 320 Å². The van der Waals surface area contributed by atoms with Crippen molar-refractivity contribution in [1.82, 2.24) is 29.5 Å². The largest absolute Gasteiger partial charge is 0.473 e. The van der Waals surface area contributed by atoms with E-state index in [1.165, 1.54) is 52.0 Å². The Kier molecular flexibility index (Phi) is 135. The number of hydrogen-bond acceptors (Lipinski definition) is 7. The van der Waals surface area contributed by atoms with Crippen molar-refractivity contribution in [2.45, 2.75) is 254 Å². The van der Waals surface area contributed by atoms with Gasteiger partial charge in [0.05, 0.1) is 23.6 Å². The first-order chi connectivity index (χ1) is 50.9. The van der Waals surface area contributed by atoms with Gasteiger partial charge in [-0.2, -0.15) is 11.3 Å². The van der Waals surface area contributed by atoms with E-state index < -0.39 is 0 Å². The molecule has 0 aliphatic rings. The molecule has 7 nitrogen and oxygen atoms in total. The molecule has 0 radical (unpaired) electrons. The van der Waals surface area contributed by atoms with Crippen LogP contribution in [0.25, 0.3) is 21.8 Å². The Morgan fingerprint density at radius 1 is 0.311 bits per heavy atom. The maximum atomic E-state index is 4.58. The molecule has 0 amide bonds. The Bertz CT molecular complexity index is 2720. The number of fused-ring (bicyclic) bond motifs is 2. The average molecular weight is 1430 g/mol. The fraction of sp³-hybridized carbons (Fsp3) is 0.400. The van der Waals surface area contributed by atoms with E-state index in [0.29, 0.717) is 5.92 Å². The Morgan fingerprint density at radius 2 is 0.583 bits per heavy atom. The highest BCUT2D eigenvalue weighted by Crippen LogP contribution is 2.31. The van der Waals surface area contributed by atoms with Gasteiger partial charge in [0.15, 0.2) is 0 Å². The highest BCUT2D eigenvalue weighted by atomic mass is 32.1. The summed E-state index contributed by atoms with van der Waals surface area (Å²) in [5, 5.41) is 6.48. The van der Waals surface area contributed by atoms with Crippen molar-refractivity contribution < 1.29 is 4.42 Å². The number of nitrogens with zero attached hydrogens (tertiary/aromatic N) is 6. The lowest BCUT2D eigenvalue weighted by Gasteiger charge is -2.25. The van der Waals surface area contributed by atoms with Gasteiger partial charge in [0.2, 0.25) is 0 Å². The Labute approximate surface area is 643 Å². The molecule has 8 heteroatoms. The van der Waals surface area contributed by atoms with Gasteiger partial charge in [-0.15, -0.1) is 0 Å². The maximum absolute atomic E-state index is 4.58. The molecule has 6 aromatic heterocycles. The van der Waals surface area contributed by atoms with Crippen LogP contribution < -0.4 is 0 Å². The van der Waals surface area contributed by atoms with Crippen LogP contribution in [0.5, 0.6) is 0 Å². The molecule has 0 unspecified atom stereocenters. The van der Waals surface area contributed by atoms with E-state index >= 15 is 0 Å². The van der Waals surface area contributed by atoms with E-state index in [4.69, 9.17) is 0 Å². The number of rotatable bonds is 4. The molecule has 12 aromatic rings. The molecular formula is C95H158N6OS. The Balaban J connectivity index is -0.0000000888. The number of hydrogen-bond donors (Lipinski definition) is 0. The average Bonchev–Trinajstić information content (AvgIpc) is 1.66. The monoisotopic (exact) mass is 1430 g/mol. The lowest BCUT2D eigenvalue weighted by Crippen LogP contribution is -2.18. The van der Waals surface area contributed by atoms with Gasteiger partial charge in [0, 0.05) is 53.9 Å². The summed E-state index contributed by atoms with van der Waals surface area (Å²) >= 11 is 1.71. The number of pyridine rings is 2. The van der Waals surface area contributed by atoms with Crippen LogP contribution in [0.3, 0.4) is 0 Å². The van der Waals surface area contributed by atoms with Crippen LogP contribution in [0.4, 0.5) is 0 Å². The fourth-order valence-electron chi connectivity index (χ4n) is 6.66. The van der Waals surface area contributed by atoms with E-state index in [1.807, 2.05) is 347 Å². The molecule has 103 heavy (non-hydrogen) atoms. The second kappa shape index (κ2) is 115. The number of aromatic nitrogens is 6. The molecule has 0 aliphatic carbocycles. The molecule has 580 valence electrons. The van der Waals surface area contributed by atoms with Crippen molar-refractivity contribution in [2.24, 2.45) is 7.05 Å². The lowest BCUT2D eigenvalue weighted by atomic mass is 9.78. The molecule has 6 aromatic carbocycles. The smallest absolute Gasteiger partial charge is 0.119 e. The summed E-state index contributed by atoms with van der Waals surface area (Å²) in [4.78, 5) is 19.0. The van der Waals surface area contributed by atoms with Crippen LogP contribution in [0.15, 0.2) is 302 Å². The third-order valence-electron chi connectivity index (χ3n) is 10.6. The van der Waals surface area contributed by atoms with Crippen molar-refractivity contribution >= 4 is 33.1 Å². The summed E-state index contributed by atoms with van der Waals surface area (Å²) in [6, 6.07) is 78.4. The van der Waals surface area contributed by atoms with Crippen LogP contribution in [0, 0.1) is 0 Å². The third kappa shape index (κ3) is 74.4. The van der Waals surface area contributed by atoms with Crippen molar-refractivity contribution in [2.75, 3.05) is 0 Å². The maximum Gasteiger partial charge on any atom is 0.119 e. The third-order valence-corrected chi connectivity index (χ3v) is 11.2. The second-order valence-electron chi connectivity index (χ2n) is 16.0. The number of aryl methyl sites for hydroxylation is 1. The normalized spacial score (nSPS) is 7.70. The summed E-state index contributed by atoms with van der Waals surface area (Å²) < 4.78 is 6.58. The van der Waals surface area contributed by atoms with Crippen LogP contribution in [-0.2, 0) is 12.5 Å². The van der Waals surface area contributed by atoms with Gasteiger partial charge >= 0.3 is 0 Å². The zero-order chi connectivity index (χ0) is 81.9. The van der Waals surface area contributed by atoms with Crippen molar-refractivity contribution in [3.63, 3.8) is 0 Å². The quantitative estimate of drug-likeness (QED) is 0.163. The van der Waals surface area contributed by atoms with E-state index in [-0.39, 0.29) is 5.41 Å². The number of furan rings is 1. The number of para-hydroxylation sites is 2. The minimum Gasteiger partial charge on any atom is -0.473 e. The topological polar surface area (TPSA) is 82.5 Å². The summed E-state index contributed by atoms with van der Waals surface area (Å²) in [5.41, 5.74) is 7.67. The predicted octanol–water partition coefficient (Wildman–Crippen LogP) is 32.7. The summed E-state index contributed by atoms with van der Waals surface area (Å²) in [5.74, 6) is 0.484. The molecule has 0 atom stereocenters. The highest BCUT2D eigenvalue weighted by molar-refractivity contribution is 7.07. The fourth-order valence-corrected chi connectivity index (χ4v) is 7.12. The van der Waals surface area contributed by atoms with Crippen LogP contribution in [0.2, 0.25) is 0 Å². The molecule has 0 aliphatic heterocycles. The minimum absolute atomic E-state index is 0.0858. The summed E-state index contributed by atoms with van der Waals surface area (Å²) in [6.07, 6.45) is 15.1. The first-order valence-corrected chi connectivity index (χ1v) is 40.2. The van der Waals surface area contributed by atoms with Gasteiger partial charge < -0.3 is 8.98 Å². The molecule has 0 bridgehead atoms. The zero-order valence-electron chi connectivity index (χ0n) is 72.9. The van der Waals surface area contributed by atoms with E-state index in [9.17, 15) is 0 Å². The first-order valence-electron chi connectivity index (χ1n) is 39.3. The van der Waals surface area contributed by atoms with Gasteiger partial charge in [-0.1, -0.05) is 418 Å². The molecule has 0 spiro atoms. The molecule has 0 N–H and O–H groups in total. The standard InChI is InChI=1S/C15H16.C14H14.C13H9N.C5H7N.C5H5N.C4H4O.C4H4S.C3H3N3.16C2H6/c1-15(2,13-9-5-3-6-10-13)14-11-7-4-8-12-14;1-12(13-8-4-2-5-9-13)14-10-6-3-7-11-14;1-3-7-12-10(5-1)9-11-6-2-4-8-13(11)14-12;1-6-4-2-3-5-6;1-2-4-6-5-3-1;2*1-2-4-5-3-1;1-4-2-6-3-5-1;16*1-2/h3-12H,1-2H3;2-12H,1H3;1-9H;2-5H,1H3;1-5H;2*1-4H;1-3H;16*1-2H3. The van der Waals surface area contributed by atoms with Crippen molar-refractivity contribution in [3.8, 4) is 0 Å². The molecule has 6 heterocycles.